The van der Waals surface area contributed by atoms with E-state index in [1.165, 1.54) is 36.3 Å². The molecule has 2 aromatic carbocycles. The molecule has 1 aliphatic rings. The second kappa shape index (κ2) is 8.47. The third-order valence-electron chi connectivity index (χ3n) is 5.47. The van der Waals surface area contributed by atoms with Crippen molar-refractivity contribution in [1.29, 1.82) is 0 Å². The summed E-state index contributed by atoms with van der Waals surface area (Å²) in [6, 6.07) is 11.5. The van der Waals surface area contributed by atoms with E-state index in [0.29, 0.717) is 28.8 Å². The Hall–Kier alpha value is -3.65. The van der Waals surface area contributed by atoms with Gasteiger partial charge in [0.05, 0.1) is 18.7 Å². The standard InChI is InChI=1S/C24H23FN2O5/c1-26(2)11-12-27-20(14-7-9-16(25)10-8-14)19(22(29)24(27)30)21(28)18-13-15-5-4-6-17(31-3)23(15)32-18/h4-10,13,20,29H,11-12H2,1-3H3/t20-/m1/s1. The highest BCUT2D eigenvalue weighted by Crippen LogP contribution is 2.40. The molecule has 0 spiro atoms. The molecule has 3 aromatic rings. The number of amides is 1. The molecular formula is C24H23FN2O5. The van der Waals surface area contributed by atoms with Crippen molar-refractivity contribution in [2.45, 2.75) is 6.04 Å². The number of para-hydroxylation sites is 1. The molecule has 1 aliphatic heterocycles. The summed E-state index contributed by atoms with van der Waals surface area (Å²) in [6.07, 6.45) is 0. The number of halogens is 1. The molecule has 0 aliphatic carbocycles. The van der Waals surface area contributed by atoms with Crippen molar-refractivity contribution in [2.24, 2.45) is 0 Å². The molecule has 1 aromatic heterocycles. The molecule has 8 heteroatoms. The number of Topliss-reactive ketones (excluding diaryl/α,β-unsaturated/α-hetero) is 1. The fraction of sp³-hybridized carbons (Fsp3) is 0.250. The van der Waals surface area contributed by atoms with Crippen molar-refractivity contribution >= 4 is 22.7 Å². The number of hydrogen-bond acceptors (Lipinski definition) is 6. The second-order valence-electron chi connectivity index (χ2n) is 7.84. The topological polar surface area (TPSA) is 83.2 Å². The maximum atomic E-state index is 13.5. The van der Waals surface area contributed by atoms with Crippen LogP contribution in [0.4, 0.5) is 4.39 Å². The number of aliphatic hydroxyl groups is 1. The highest BCUT2D eigenvalue weighted by atomic mass is 19.1. The zero-order valence-electron chi connectivity index (χ0n) is 18.0. The van der Waals surface area contributed by atoms with E-state index in [0.717, 1.165) is 0 Å². The average Bonchev–Trinajstić information content (AvgIpc) is 3.32. The summed E-state index contributed by atoms with van der Waals surface area (Å²) in [7, 11) is 5.21. The summed E-state index contributed by atoms with van der Waals surface area (Å²) in [5.41, 5.74) is 0.809. The van der Waals surface area contributed by atoms with Crippen molar-refractivity contribution in [3.63, 3.8) is 0 Å². The summed E-state index contributed by atoms with van der Waals surface area (Å²) < 4.78 is 24.6. The predicted molar refractivity (Wildman–Crippen MR) is 116 cm³/mol. The fourth-order valence-electron chi connectivity index (χ4n) is 3.86. The number of furan rings is 1. The molecule has 1 amide bonds. The summed E-state index contributed by atoms with van der Waals surface area (Å²) in [4.78, 5) is 29.7. The average molecular weight is 438 g/mol. The number of ketones is 1. The maximum Gasteiger partial charge on any atom is 0.290 e. The van der Waals surface area contributed by atoms with Crippen LogP contribution in [-0.2, 0) is 4.79 Å². The Morgan fingerprint density at radius 3 is 2.59 bits per heavy atom. The van der Waals surface area contributed by atoms with Crippen molar-refractivity contribution in [3.05, 3.63) is 77.0 Å². The maximum absolute atomic E-state index is 13.5. The van der Waals surface area contributed by atoms with E-state index >= 15 is 0 Å². The normalized spacial score (nSPS) is 16.5. The van der Waals surface area contributed by atoms with Crippen LogP contribution in [0.25, 0.3) is 11.0 Å². The number of nitrogens with zero attached hydrogens (tertiary/aromatic N) is 2. The molecule has 0 fully saturated rings. The second-order valence-corrected chi connectivity index (χ2v) is 7.84. The van der Waals surface area contributed by atoms with Gasteiger partial charge >= 0.3 is 0 Å². The molecule has 0 unspecified atom stereocenters. The summed E-state index contributed by atoms with van der Waals surface area (Å²) >= 11 is 0. The van der Waals surface area contributed by atoms with E-state index in [1.54, 1.807) is 24.3 Å². The van der Waals surface area contributed by atoms with Crippen LogP contribution >= 0.6 is 0 Å². The molecule has 0 saturated heterocycles. The lowest BCUT2D eigenvalue weighted by atomic mass is 9.95. The van der Waals surface area contributed by atoms with E-state index in [1.807, 2.05) is 19.0 Å². The Morgan fingerprint density at radius 2 is 1.94 bits per heavy atom. The van der Waals surface area contributed by atoms with Gasteiger partial charge in [-0.05, 0) is 43.9 Å². The lowest BCUT2D eigenvalue weighted by Gasteiger charge is -2.27. The van der Waals surface area contributed by atoms with Gasteiger partial charge in [-0.25, -0.2) is 4.39 Å². The Kier molecular flexibility index (Phi) is 5.71. The zero-order chi connectivity index (χ0) is 23.0. The van der Waals surface area contributed by atoms with Crippen LogP contribution in [0.2, 0.25) is 0 Å². The van der Waals surface area contributed by atoms with Gasteiger partial charge in [0.2, 0.25) is 5.78 Å². The van der Waals surface area contributed by atoms with Crippen molar-refractivity contribution in [2.75, 3.05) is 34.3 Å². The molecule has 166 valence electrons. The molecule has 2 heterocycles. The SMILES string of the molecule is COc1cccc2cc(C(=O)C3=C(O)C(=O)N(CCN(C)C)[C@@H]3c3ccc(F)cc3)oc12. The van der Waals surface area contributed by atoms with Crippen LogP contribution in [-0.4, -0.2) is 60.9 Å². The van der Waals surface area contributed by atoms with Gasteiger partial charge in [0.1, 0.15) is 5.82 Å². The number of rotatable bonds is 7. The van der Waals surface area contributed by atoms with Crippen LogP contribution in [0.5, 0.6) is 5.75 Å². The molecule has 4 rings (SSSR count). The van der Waals surface area contributed by atoms with Crippen LogP contribution in [0.15, 0.2) is 64.3 Å². The molecule has 1 atom stereocenters. The fourth-order valence-corrected chi connectivity index (χ4v) is 3.86. The Bertz CT molecular complexity index is 1210. The Morgan fingerprint density at radius 1 is 1.22 bits per heavy atom. The third-order valence-corrected chi connectivity index (χ3v) is 5.47. The van der Waals surface area contributed by atoms with Crippen molar-refractivity contribution < 1.29 is 28.2 Å². The Labute approximate surface area is 184 Å². The lowest BCUT2D eigenvalue weighted by molar-refractivity contribution is -0.129. The van der Waals surface area contributed by atoms with Gasteiger partial charge in [0.25, 0.3) is 5.91 Å². The van der Waals surface area contributed by atoms with E-state index in [-0.39, 0.29) is 17.9 Å². The molecule has 7 nitrogen and oxygen atoms in total. The van der Waals surface area contributed by atoms with Gasteiger partial charge in [-0.2, -0.15) is 0 Å². The molecule has 1 N–H and O–H groups in total. The van der Waals surface area contributed by atoms with E-state index in [4.69, 9.17) is 9.15 Å². The first-order chi connectivity index (χ1) is 15.3. The van der Waals surface area contributed by atoms with Gasteiger partial charge < -0.3 is 24.1 Å². The van der Waals surface area contributed by atoms with Crippen LogP contribution < -0.4 is 4.74 Å². The predicted octanol–water partition coefficient (Wildman–Crippen LogP) is 3.72. The van der Waals surface area contributed by atoms with Crippen LogP contribution in [0.3, 0.4) is 0 Å². The first-order valence-corrected chi connectivity index (χ1v) is 10.1. The summed E-state index contributed by atoms with van der Waals surface area (Å²) in [6.45, 7) is 0.780. The number of methoxy groups -OCH3 is 1. The quantitative estimate of drug-likeness (QED) is 0.566. The summed E-state index contributed by atoms with van der Waals surface area (Å²) in [5, 5.41) is 11.4. The minimum absolute atomic E-state index is 0.0274. The van der Waals surface area contributed by atoms with Crippen molar-refractivity contribution in [1.82, 2.24) is 9.80 Å². The number of carbonyl (C=O) groups is 2. The Balaban J connectivity index is 1.79. The van der Waals surface area contributed by atoms with Crippen LogP contribution in [0, 0.1) is 5.82 Å². The number of likely N-dealkylation sites (N-methyl/N-ethyl adjacent to an activating group) is 1. The third kappa shape index (κ3) is 3.73. The van der Waals surface area contributed by atoms with Gasteiger partial charge in [0, 0.05) is 18.5 Å². The highest BCUT2D eigenvalue weighted by Gasteiger charge is 2.44. The first kappa shape index (κ1) is 21.6. The number of aliphatic hydroxyl groups excluding tert-OH is 1. The highest BCUT2D eigenvalue weighted by molar-refractivity contribution is 6.16. The number of carbonyl (C=O) groups excluding carboxylic acids is 2. The molecule has 0 radical (unpaired) electrons. The van der Waals surface area contributed by atoms with Crippen LogP contribution in [0.1, 0.15) is 22.2 Å². The van der Waals surface area contributed by atoms with Gasteiger partial charge in [-0.3, -0.25) is 9.59 Å². The smallest absolute Gasteiger partial charge is 0.290 e. The number of hydrogen-bond donors (Lipinski definition) is 1. The minimum Gasteiger partial charge on any atom is -0.503 e. The van der Waals surface area contributed by atoms with Crippen molar-refractivity contribution in [3.8, 4) is 5.75 Å². The first-order valence-electron chi connectivity index (χ1n) is 10.1. The summed E-state index contributed by atoms with van der Waals surface area (Å²) in [5.74, 6) is -1.90. The van der Waals surface area contributed by atoms with Gasteiger partial charge in [-0.1, -0.05) is 24.3 Å². The molecule has 0 bridgehead atoms. The van der Waals surface area contributed by atoms with Gasteiger partial charge in [-0.15, -0.1) is 0 Å². The molecule has 0 saturated carbocycles. The van der Waals surface area contributed by atoms with E-state index in [9.17, 15) is 19.1 Å². The largest absolute Gasteiger partial charge is 0.503 e. The molecular weight excluding hydrogens is 415 g/mol. The number of fused-ring (bicyclic) bond motifs is 1. The lowest BCUT2D eigenvalue weighted by Crippen LogP contribution is -2.36. The monoisotopic (exact) mass is 438 g/mol. The van der Waals surface area contributed by atoms with Gasteiger partial charge in [0.15, 0.2) is 22.9 Å². The van der Waals surface area contributed by atoms with E-state index in [2.05, 4.69) is 0 Å². The number of benzene rings is 2. The zero-order valence-corrected chi connectivity index (χ0v) is 18.0. The molecule has 32 heavy (non-hydrogen) atoms. The number of ether oxygens (including phenoxy) is 1. The minimum atomic E-state index is -0.870. The van der Waals surface area contributed by atoms with E-state index < -0.39 is 29.3 Å².